The summed E-state index contributed by atoms with van der Waals surface area (Å²) in [4.78, 5) is 45.6. The first-order valence-electron chi connectivity index (χ1n) is 12.1. The number of hydrogen-bond donors (Lipinski definition) is 3. The first kappa shape index (κ1) is 25.8. The lowest BCUT2D eigenvalue weighted by atomic mass is 9.78. The molecule has 37 heavy (non-hydrogen) atoms. The molecule has 194 valence electrons. The quantitative estimate of drug-likeness (QED) is 0.405. The summed E-state index contributed by atoms with van der Waals surface area (Å²) in [6, 6.07) is 6.87. The molecule has 0 aliphatic heterocycles. The molecule has 3 N–H and O–H groups in total. The Kier molecular flexibility index (Phi) is 7.80. The Balaban J connectivity index is 1.47. The van der Waals surface area contributed by atoms with Crippen molar-refractivity contribution >= 4 is 29.3 Å². The van der Waals surface area contributed by atoms with Gasteiger partial charge in [-0.25, -0.2) is 9.78 Å². The minimum Gasteiger partial charge on any atom is -0.481 e. The largest absolute Gasteiger partial charge is 0.481 e. The molecule has 3 heterocycles. The first-order chi connectivity index (χ1) is 17.7. The maximum Gasteiger partial charge on any atom is 0.412 e. The van der Waals surface area contributed by atoms with Crippen LogP contribution >= 0.6 is 0 Å². The number of rotatable bonds is 7. The highest BCUT2D eigenvalue weighted by molar-refractivity contribution is 5.96. The topological polar surface area (TPSA) is 157 Å². The summed E-state index contributed by atoms with van der Waals surface area (Å²) in [5.41, 5.74) is 2.87. The van der Waals surface area contributed by atoms with E-state index in [0.29, 0.717) is 41.3 Å². The Morgan fingerprint density at radius 3 is 2.51 bits per heavy atom. The Labute approximate surface area is 213 Å². The number of carbonyl (C=O) groups excluding carboxylic acids is 2. The SMILES string of the molecule is Cc1nc(-c2onc(C)c2NC(=O)O[C@H](C)c2cccnc2)ccc1NC(=O)C1CCCCC1C(=O)O. The van der Waals surface area contributed by atoms with Gasteiger partial charge in [-0.2, -0.15) is 0 Å². The number of ether oxygens (including phenoxy) is 1. The molecule has 11 nitrogen and oxygen atoms in total. The number of amides is 2. The van der Waals surface area contributed by atoms with Crippen LogP contribution in [0.2, 0.25) is 0 Å². The van der Waals surface area contributed by atoms with Gasteiger partial charge >= 0.3 is 12.1 Å². The van der Waals surface area contributed by atoms with Gasteiger partial charge in [0.15, 0.2) is 0 Å². The van der Waals surface area contributed by atoms with Crippen molar-refractivity contribution in [3.63, 3.8) is 0 Å². The first-order valence-corrected chi connectivity index (χ1v) is 12.1. The van der Waals surface area contributed by atoms with Gasteiger partial charge in [-0.15, -0.1) is 0 Å². The lowest BCUT2D eigenvalue weighted by Crippen LogP contribution is -2.36. The molecule has 0 bridgehead atoms. The second-order valence-corrected chi connectivity index (χ2v) is 9.09. The summed E-state index contributed by atoms with van der Waals surface area (Å²) in [5.74, 6) is -2.30. The number of hydrogen-bond acceptors (Lipinski definition) is 8. The molecule has 3 aromatic rings. The minimum absolute atomic E-state index is 0.239. The van der Waals surface area contributed by atoms with E-state index in [1.807, 2.05) is 6.07 Å². The molecule has 3 aromatic heterocycles. The molecule has 0 radical (unpaired) electrons. The van der Waals surface area contributed by atoms with E-state index in [-0.39, 0.29) is 11.7 Å². The normalized spacial score (nSPS) is 18.0. The monoisotopic (exact) mass is 507 g/mol. The third-order valence-corrected chi connectivity index (χ3v) is 6.52. The van der Waals surface area contributed by atoms with Crippen molar-refractivity contribution < 1.29 is 28.8 Å². The van der Waals surface area contributed by atoms with Crippen LogP contribution in [-0.4, -0.2) is 38.2 Å². The molecule has 2 amide bonds. The number of aliphatic carboxylic acids is 1. The highest BCUT2D eigenvalue weighted by atomic mass is 16.6. The molecule has 4 rings (SSSR count). The molecule has 0 aromatic carbocycles. The third kappa shape index (κ3) is 5.93. The third-order valence-electron chi connectivity index (χ3n) is 6.52. The number of carbonyl (C=O) groups is 3. The fraction of sp³-hybridized carbons (Fsp3) is 0.385. The molecular weight excluding hydrogens is 478 g/mol. The zero-order valence-electron chi connectivity index (χ0n) is 20.9. The summed E-state index contributed by atoms with van der Waals surface area (Å²) in [5, 5.41) is 18.9. The van der Waals surface area contributed by atoms with Crippen molar-refractivity contribution in [3.8, 4) is 11.5 Å². The van der Waals surface area contributed by atoms with E-state index in [1.54, 1.807) is 51.4 Å². The van der Waals surface area contributed by atoms with Gasteiger partial charge in [0.05, 0.1) is 23.2 Å². The van der Waals surface area contributed by atoms with Gasteiger partial charge in [0.25, 0.3) is 0 Å². The van der Waals surface area contributed by atoms with E-state index in [0.717, 1.165) is 18.4 Å². The van der Waals surface area contributed by atoms with Crippen molar-refractivity contribution in [2.24, 2.45) is 11.8 Å². The smallest absolute Gasteiger partial charge is 0.412 e. The number of carboxylic acid groups (broad SMARTS) is 1. The average Bonchev–Trinajstić information content (AvgIpc) is 3.25. The Hall–Kier alpha value is -4.28. The Morgan fingerprint density at radius 1 is 1.08 bits per heavy atom. The molecule has 1 aliphatic rings. The number of aromatic nitrogens is 3. The Morgan fingerprint density at radius 2 is 1.84 bits per heavy atom. The van der Waals surface area contributed by atoms with E-state index < -0.39 is 30.0 Å². The van der Waals surface area contributed by atoms with Crippen molar-refractivity contribution in [1.29, 1.82) is 0 Å². The fourth-order valence-electron chi connectivity index (χ4n) is 4.45. The van der Waals surface area contributed by atoms with Crippen LogP contribution in [0, 0.1) is 25.7 Å². The fourth-order valence-corrected chi connectivity index (χ4v) is 4.45. The van der Waals surface area contributed by atoms with Crippen LogP contribution in [0.3, 0.4) is 0 Å². The van der Waals surface area contributed by atoms with E-state index >= 15 is 0 Å². The molecule has 0 spiro atoms. The van der Waals surface area contributed by atoms with Gasteiger partial charge in [-0.05, 0) is 51.8 Å². The lowest BCUT2D eigenvalue weighted by molar-refractivity contribution is -0.147. The summed E-state index contributed by atoms with van der Waals surface area (Å²) in [7, 11) is 0. The lowest BCUT2D eigenvalue weighted by Gasteiger charge is -2.27. The van der Waals surface area contributed by atoms with Gasteiger partial charge < -0.3 is 19.7 Å². The summed E-state index contributed by atoms with van der Waals surface area (Å²) in [6.07, 6.45) is 4.70. The van der Waals surface area contributed by atoms with Crippen LogP contribution in [0.5, 0.6) is 0 Å². The predicted octanol–water partition coefficient (Wildman–Crippen LogP) is 4.89. The number of anilines is 2. The molecule has 3 atom stereocenters. The number of pyridine rings is 2. The molecule has 1 saturated carbocycles. The van der Waals surface area contributed by atoms with Crippen LogP contribution in [0.15, 0.2) is 41.2 Å². The average molecular weight is 508 g/mol. The number of nitrogens with one attached hydrogen (secondary N) is 2. The minimum atomic E-state index is -0.945. The highest BCUT2D eigenvalue weighted by Gasteiger charge is 2.36. The van der Waals surface area contributed by atoms with Crippen LogP contribution in [-0.2, 0) is 14.3 Å². The summed E-state index contributed by atoms with van der Waals surface area (Å²) in [6.45, 7) is 5.13. The predicted molar refractivity (Wildman–Crippen MR) is 134 cm³/mol. The Bertz CT molecular complexity index is 1290. The van der Waals surface area contributed by atoms with E-state index in [9.17, 15) is 19.5 Å². The number of aryl methyl sites for hydroxylation is 2. The van der Waals surface area contributed by atoms with Gasteiger partial charge in [0.2, 0.25) is 11.7 Å². The molecule has 2 unspecified atom stereocenters. The van der Waals surface area contributed by atoms with Gasteiger partial charge in [-0.1, -0.05) is 24.1 Å². The maximum absolute atomic E-state index is 12.9. The molecular formula is C26H29N5O6. The standard InChI is InChI=1S/C26H29N5O6/c1-14-20(29-24(32)18-8-4-5-9-19(18)25(33)34)10-11-21(28-14)23-22(15(2)31-37-23)30-26(35)36-16(3)17-7-6-12-27-13-17/h6-7,10-13,16,18-19H,4-5,8-9H2,1-3H3,(H,29,32)(H,30,35)(H,33,34)/t16-,18?,19?/m1/s1. The second kappa shape index (κ2) is 11.2. The molecule has 1 fully saturated rings. The van der Waals surface area contributed by atoms with Crippen LogP contribution in [0.4, 0.5) is 16.2 Å². The van der Waals surface area contributed by atoms with E-state index in [1.165, 1.54) is 0 Å². The van der Waals surface area contributed by atoms with Crippen LogP contribution in [0.25, 0.3) is 11.5 Å². The molecule has 11 heteroatoms. The zero-order chi connectivity index (χ0) is 26.5. The zero-order valence-corrected chi connectivity index (χ0v) is 20.9. The number of nitrogens with zero attached hydrogens (tertiary/aromatic N) is 3. The van der Waals surface area contributed by atoms with E-state index in [2.05, 4.69) is 25.8 Å². The molecule has 1 aliphatic carbocycles. The van der Waals surface area contributed by atoms with Crippen molar-refractivity contribution in [1.82, 2.24) is 15.1 Å². The maximum atomic E-state index is 12.9. The molecule has 0 saturated heterocycles. The highest BCUT2D eigenvalue weighted by Crippen LogP contribution is 2.33. The van der Waals surface area contributed by atoms with Crippen molar-refractivity contribution in [3.05, 3.63) is 53.6 Å². The number of carboxylic acids is 1. The van der Waals surface area contributed by atoms with E-state index in [4.69, 9.17) is 9.26 Å². The van der Waals surface area contributed by atoms with Gasteiger partial charge in [0.1, 0.15) is 23.2 Å². The van der Waals surface area contributed by atoms with Gasteiger partial charge in [-0.3, -0.25) is 19.9 Å². The summed E-state index contributed by atoms with van der Waals surface area (Å²) >= 11 is 0. The van der Waals surface area contributed by atoms with Crippen LogP contribution in [0.1, 0.15) is 55.7 Å². The van der Waals surface area contributed by atoms with Gasteiger partial charge in [0, 0.05) is 18.0 Å². The summed E-state index contributed by atoms with van der Waals surface area (Å²) < 4.78 is 10.9. The second-order valence-electron chi connectivity index (χ2n) is 9.09. The van der Waals surface area contributed by atoms with Crippen LogP contribution < -0.4 is 10.6 Å². The van der Waals surface area contributed by atoms with Crippen molar-refractivity contribution in [2.45, 2.75) is 52.6 Å². The van der Waals surface area contributed by atoms with Crippen molar-refractivity contribution in [2.75, 3.05) is 10.6 Å².